The van der Waals surface area contributed by atoms with Crippen LogP contribution in [0.2, 0.25) is 5.28 Å². The van der Waals surface area contributed by atoms with Crippen LogP contribution in [-0.2, 0) is 14.8 Å². The van der Waals surface area contributed by atoms with Crippen LogP contribution in [0.4, 0.5) is 11.5 Å². The maximum Gasteiger partial charge on any atom is 0.264 e. The van der Waals surface area contributed by atoms with Gasteiger partial charge in [-0.1, -0.05) is 12.1 Å². The Hall–Kier alpha value is -2.71. The van der Waals surface area contributed by atoms with Gasteiger partial charge in [0, 0.05) is 18.0 Å². The molecule has 0 atom stereocenters. The van der Waals surface area contributed by atoms with Crippen LogP contribution >= 0.6 is 11.6 Å². The van der Waals surface area contributed by atoms with E-state index >= 15 is 0 Å². The molecule has 0 aliphatic heterocycles. The standard InChI is InChI=1S/C16H13ClN4O3S/c1-10(22)21-25(23,24)12-8-6-11(7-9-12)18-15-13-4-2-3-5-14(13)19-16(17)20-15/h2-9H,1H3,(H,21,22)(H,18,19,20). The predicted molar refractivity (Wildman–Crippen MR) is 95.3 cm³/mol. The molecule has 2 aromatic carbocycles. The van der Waals surface area contributed by atoms with Gasteiger partial charge in [0.2, 0.25) is 11.2 Å². The quantitative estimate of drug-likeness (QED) is 0.679. The van der Waals surface area contributed by atoms with E-state index in [2.05, 4.69) is 15.3 Å². The summed E-state index contributed by atoms with van der Waals surface area (Å²) in [6, 6.07) is 13.3. The lowest BCUT2D eigenvalue weighted by Gasteiger charge is -2.10. The number of nitrogens with zero attached hydrogens (tertiary/aromatic N) is 2. The molecule has 128 valence electrons. The van der Waals surface area contributed by atoms with Crippen LogP contribution in [0.5, 0.6) is 0 Å². The number of benzene rings is 2. The second-order valence-electron chi connectivity index (χ2n) is 5.17. The Labute approximate surface area is 149 Å². The molecule has 2 N–H and O–H groups in total. The molecule has 0 aliphatic carbocycles. The Morgan fingerprint density at radius 2 is 1.72 bits per heavy atom. The fraction of sp³-hybridized carbons (Fsp3) is 0.0625. The molecule has 0 saturated heterocycles. The van der Waals surface area contributed by atoms with Gasteiger partial charge in [0.1, 0.15) is 5.82 Å². The summed E-state index contributed by atoms with van der Waals surface area (Å²) in [6.07, 6.45) is 0. The molecule has 1 aromatic heterocycles. The van der Waals surface area contributed by atoms with E-state index in [1.54, 1.807) is 12.1 Å². The van der Waals surface area contributed by atoms with Crippen molar-refractivity contribution in [2.24, 2.45) is 0 Å². The Bertz CT molecular complexity index is 1050. The molecule has 0 saturated carbocycles. The lowest BCUT2D eigenvalue weighted by atomic mass is 10.2. The van der Waals surface area contributed by atoms with Crippen LogP contribution in [0.15, 0.2) is 53.4 Å². The van der Waals surface area contributed by atoms with Gasteiger partial charge in [-0.2, -0.15) is 4.98 Å². The average molecular weight is 377 g/mol. The van der Waals surface area contributed by atoms with Crippen LogP contribution in [0.3, 0.4) is 0 Å². The number of para-hydroxylation sites is 1. The number of sulfonamides is 1. The lowest BCUT2D eigenvalue weighted by molar-refractivity contribution is -0.117. The van der Waals surface area contributed by atoms with Crippen LogP contribution in [0.25, 0.3) is 10.9 Å². The maximum atomic E-state index is 11.9. The summed E-state index contributed by atoms with van der Waals surface area (Å²) in [5, 5.41) is 3.97. The van der Waals surface area contributed by atoms with Crippen molar-refractivity contribution in [3.05, 3.63) is 53.8 Å². The second-order valence-corrected chi connectivity index (χ2v) is 7.19. The Morgan fingerprint density at radius 1 is 1.04 bits per heavy atom. The molecular formula is C16H13ClN4O3S. The number of amides is 1. The third kappa shape index (κ3) is 3.86. The van der Waals surface area contributed by atoms with Crippen molar-refractivity contribution in [2.75, 3.05) is 5.32 Å². The summed E-state index contributed by atoms with van der Waals surface area (Å²) < 4.78 is 25.8. The molecule has 0 radical (unpaired) electrons. The number of hydrogen-bond acceptors (Lipinski definition) is 6. The first-order valence-electron chi connectivity index (χ1n) is 7.18. The third-order valence-corrected chi connectivity index (χ3v) is 4.90. The summed E-state index contributed by atoms with van der Waals surface area (Å²) >= 11 is 5.94. The third-order valence-electron chi connectivity index (χ3n) is 3.28. The van der Waals surface area contributed by atoms with Crippen LogP contribution in [0.1, 0.15) is 6.92 Å². The molecule has 1 heterocycles. The molecule has 25 heavy (non-hydrogen) atoms. The van der Waals surface area contributed by atoms with Crippen LogP contribution in [0, 0.1) is 0 Å². The van der Waals surface area contributed by atoms with E-state index in [-0.39, 0.29) is 10.2 Å². The normalized spacial score (nSPS) is 11.3. The van der Waals surface area contributed by atoms with Gasteiger partial charge in [0.25, 0.3) is 10.0 Å². The number of nitrogens with one attached hydrogen (secondary N) is 2. The zero-order valence-electron chi connectivity index (χ0n) is 13.0. The first kappa shape index (κ1) is 17.1. The highest BCUT2D eigenvalue weighted by atomic mass is 35.5. The van der Waals surface area contributed by atoms with Gasteiger partial charge >= 0.3 is 0 Å². The van der Waals surface area contributed by atoms with Crippen molar-refractivity contribution in [3.8, 4) is 0 Å². The van der Waals surface area contributed by atoms with E-state index in [0.29, 0.717) is 17.0 Å². The summed E-state index contributed by atoms with van der Waals surface area (Å²) in [5.41, 5.74) is 1.30. The van der Waals surface area contributed by atoms with Crippen LogP contribution in [-0.4, -0.2) is 24.3 Å². The van der Waals surface area contributed by atoms with E-state index in [9.17, 15) is 13.2 Å². The number of anilines is 2. The van der Waals surface area contributed by atoms with Gasteiger partial charge < -0.3 is 5.32 Å². The number of carbonyl (C=O) groups excluding carboxylic acids is 1. The maximum absolute atomic E-state index is 11.9. The number of fused-ring (bicyclic) bond motifs is 1. The number of hydrogen-bond donors (Lipinski definition) is 2. The molecule has 0 spiro atoms. The summed E-state index contributed by atoms with van der Waals surface area (Å²) in [6.45, 7) is 1.14. The zero-order chi connectivity index (χ0) is 18.0. The van der Waals surface area contributed by atoms with Gasteiger partial charge in [-0.15, -0.1) is 0 Å². The minimum Gasteiger partial charge on any atom is -0.340 e. The summed E-state index contributed by atoms with van der Waals surface area (Å²) in [5.74, 6) is -0.141. The molecule has 3 rings (SSSR count). The first-order chi connectivity index (χ1) is 11.8. The summed E-state index contributed by atoms with van der Waals surface area (Å²) in [4.78, 5) is 19.3. The molecule has 3 aromatic rings. The van der Waals surface area contributed by atoms with E-state index in [1.165, 1.54) is 12.1 Å². The van der Waals surface area contributed by atoms with E-state index < -0.39 is 15.9 Å². The highest BCUT2D eigenvalue weighted by molar-refractivity contribution is 7.90. The van der Waals surface area contributed by atoms with Crippen LogP contribution < -0.4 is 10.0 Å². The van der Waals surface area contributed by atoms with E-state index in [4.69, 9.17) is 11.6 Å². The zero-order valence-corrected chi connectivity index (χ0v) is 14.6. The molecule has 7 nitrogen and oxygen atoms in total. The topological polar surface area (TPSA) is 101 Å². The van der Waals surface area contributed by atoms with Gasteiger partial charge in [-0.3, -0.25) is 4.79 Å². The average Bonchev–Trinajstić information content (AvgIpc) is 2.54. The van der Waals surface area contributed by atoms with Crippen molar-refractivity contribution in [3.63, 3.8) is 0 Å². The van der Waals surface area contributed by atoms with E-state index in [1.807, 2.05) is 29.0 Å². The van der Waals surface area contributed by atoms with Gasteiger partial charge in [0.15, 0.2) is 0 Å². The Balaban J connectivity index is 1.91. The van der Waals surface area contributed by atoms with Crippen molar-refractivity contribution in [1.82, 2.24) is 14.7 Å². The molecule has 0 fully saturated rings. The Morgan fingerprint density at radius 3 is 2.40 bits per heavy atom. The molecule has 0 bridgehead atoms. The largest absolute Gasteiger partial charge is 0.340 e. The lowest BCUT2D eigenvalue weighted by Crippen LogP contribution is -2.28. The molecule has 1 amide bonds. The fourth-order valence-corrected chi connectivity index (χ4v) is 3.41. The second kappa shape index (κ2) is 6.66. The molecule has 0 aliphatic rings. The molecular weight excluding hydrogens is 364 g/mol. The minimum absolute atomic E-state index is 0.0150. The monoisotopic (exact) mass is 376 g/mol. The highest BCUT2D eigenvalue weighted by Gasteiger charge is 2.15. The summed E-state index contributed by atoms with van der Waals surface area (Å²) in [7, 11) is -3.86. The van der Waals surface area contributed by atoms with Crippen molar-refractivity contribution < 1.29 is 13.2 Å². The molecule has 9 heteroatoms. The number of aromatic nitrogens is 2. The SMILES string of the molecule is CC(=O)NS(=O)(=O)c1ccc(Nc2nc(Cl)nc3ccccc23)cc1. The first-order valence-corrected chi connectivity index (χ1v) is 9.04. The predicted octanol–water partition coefficient (Wildman–Crippen LogP) is 2.85. The number of carbonyl (C=O) groups is 1. The van der Waals surface area contributed by atoms with Crippen molar-refractivity contribution >= 4 is 49.9 Å². The fourth-order valence-electron chi connectivity index (χ4n) is 2.25. The highest BCUT2D eigenvalue weighted by Crippen LogP contribution is 2.25. The van der Waals surface area contributed by atoms with E-state index in [0.717, 1.165) is 12.3 Å². The molecule has 0 unspecified atom stereocenters. The van der Waals surface area contributed by atoms with Gasteiger partial charge in [-0.05, 0) is 48.0 Å². The van der Waals surface area contributed by atoms with Gasteiger partial charge in [-0.25, -0.2) is 18.1 Å². The Kier molecular flexibility index (Phi) is 4.56. The minimum atomic E-state index is -3.86. The van der Waals surface area contributed by atoms with Crippen molar-refractivity contribution in [1.29, 1.82) is 0 Å². The number of halogens is 1. The smallest absolute Gasteiger partial charge is 0.264 e. The van der Waals surface area contributed by atoms with Gasteiger partial charge in [0.05, 0.1) is 10.4 Å². The number of rotatable bonds is 4. The van der Waals surface area contributed by atoms with Crippen molar-refractivity contribution in [2.45, 2.75) is 11.8 Å².